The van der Waals surface area contributed by atoms with Gasteiger partial charge in [-0.15, -0.1) is 10.2 Å². The van der Waals surface area contributed by atoms with E-state index < -0.39 is 10.0 Å². The number of amides is 1. The molecule has 32 heavy (non-hydrogen) atoms. The highest BCUT2D eigenvalue weighted by Gasteiger charge is 2.22. The van der Waals surface area contributed by atoms with Gasteiger partial charge in [-0.3, -0.25) is 4.79 Å². The SMILES string of the molecule is CCCN(Cc1nnc(-c2ccccc2Cl)o1)C(=O)c1cccc(S(=O)(=O)NC(C)C)c1. The van der Waals surface area contributed by atoms with E-state index in [9.17, 15) is 13.2 Å². The molecule has 2 aromatic carbocycles. The molecule has 1 aromatic heterocycles. The van der Waals surface area contributed by atoms with Crippen LogP contribution < -0.4 is 4.72 Å². The summed E-state index contributed by atoms with van der Waals surface area (Å²) in [6, 6.07) is 12.8. The highest BCUT2D eigenvalue weighted by atomic mass is 35.5. The number of carbonyl (C=O) groups excluding carboxylic acids is 1. The lowest BCUT2D eigenvalue weighted by molar-refractivity contribution is 0.0728. The fraction of sp³-hybridized carbons (Fsp3) is 0.318. The number of halogens is 1. The van der Waals surface area contributed by atoms with Crippen molar-refractivity contribution in [3.05, 3.63) is 65.0 Å². The number of nitrogens with one attached hydrogen (secondary N) is 1. The molecule has 170 valence electrons. The monoisotopic (exact) mass is 476 g/mol. The van der Waals surface area contributed by atoms with Crippen LogP contribution in [-0.4, -0.2) is 42.0 Å². The van der Waals surface area contributed by atoms with Crippen molar-refractivity contribution < 1.29 is 17.6 Å². The summed E-state index contributed by atoms with van der Waals surface area (Å²) in [6.45, 7) is 5.93. The predicted octanol–water partition coefficient (Wildman–Crippen LogP) is 4.13. The summed E-state index contributed by atoms with van der Waals surface area (Å²) in [5, 5.41) is 8.57. The normalized spacial score (nSPS) is 11.7. The molecule has 3 rings (SSSR count). The third kappa shape index (κ3) is 5.73. The molecular formula is C22H25ClN4O4S. The summed E-state index contributed by atoms with van der Waals surface area (Å²) in [4.78, 5) is 14.8. The number of benzene rings is 2. The van der Waals surface area contributed by atoms with Gasteiger partial charge in [0.25, 0.3) is 5.91 Å². The second-order valence-corrected chi connectivity index (χ2v) is 9.63. The average molecular weight is 477 g/mol. The van der Waals surface area contributed by atoms with Crippen LogP contribution in [0.4, 0.5) is 0 Å². The van der Waals surface area contributed by atoms with Gasteiger partial charge < -0.3 is 9.32 Å². The molecule has 1 heterocycles. The number of hydrogen-bond acceptors (Lipinski definition) is 6. The molecule has 0 atom stereocenters. The molecule has 1 N–H and O–H groups in total. The lowest BCUT2D eigenvalue weighted by Crippen LogP contribution is -2.32. The first-order chi connectivity index (χ1) is 15.2. The molecular weight excluding hydrogens is 452 g/mol. The van der Waals surface area contributed by atoms with Gasteiger partial charge in [0.2, 0.25) is 21.8 Å². The van der Waals surface area contributed by atoms with Gasteiger partial charge in [-0.1, -0.05) is 36.7 Å². The van der Waals surface area contributed by atoms with E-state index in [0.29, 0.717) is 23.6 Å². The molecule has 10 heteroatoms. The van der Waals surface area contributed by atoms with Crippen molar-refractivity contribution in [2.75, 3.05) is 6.54 Å². The van der Waals surface area contributed by atoms with Crippen LogP contribution in [0, 0.1) is 0 Å². The standard InChI is InChI=1S/C22H25ClN4O4S/c1-4-12-27(14-20-24-25-21(31-20)18-10-5-6-11-19(18)23)22(28)16-8-7-9-17(13-16)32(29,30)26-15(2)3/h5-11,13,15,26H,4,12,14H2,1-3H3. The van der Waals surface area contributed by atoms with E-state index in [-0.39, 0.29) is 40.7 Å². The van der Waals surface area contributed by atoms with Crippen molar-refractivity contribution in [1.82, 2.24) is 19.8 Å². The minimum absolute atomic E-state index is 0.0345. The fourth-order valence-electron chi connectivity index (χ4n) is 3.10. The van der Waals surface area contributed by atoms with Crippen molar-refractivity contribution in [2.45, 2.75) is 44.7 Å². The minimum atomic E-state index is -3.72. The van der Waals surface area contributed by atoms with Gasteiger partial charge in [0.1, 0.15) is 0 Å². The lowest BCUT2D eigenvalue weighted by atomic mass is 10.2. The van der Waals surface area contributed by atoms with Crippen LogP contribution in [-0.2, 0) is 16.6 Å². The number of hydrogen-bond donors (Lipinski definition) is 1. The Balaban J connectivity index is 1.83. The smallest absolute Gasteiger partial charge is 0.254 e. The van der Waals surface area contributed by atoms with Gasteiger partial charge in [0.05, 0.1) is 22.0 Å². The molecule has 8 nitrogen and oxygen atoms in total. The third-order valence-electron chi connectivity index (χ3n) is 4.46. The maximum atomic E-state index is 13.2. The van der Waals surface area contributed by atoms with Gasteiger partial charge in [-0.05, 0) is 50.6 Å². The summed E-state index contributed by atoms with van der Waals surface area (Å²) in [5.41, 5.74) is 0.868. The van der Waals surface area contributed by atoms with E-state index in [1.807, 2.05) is 13.0 Å². The number of rotatable bonds is 9. The molecule has 0 unspecified atom stereocenters. The number of nitrogens with zero attached hydrogens (tertiary/aromatic N) is 3. The fourth-order valence-corrected chi connectivity index (χ4v) is 4.62. The van der Waals surface area contributed by atoms with Crippen LogP contribution in [0.2, 0.25) is 5.02 Å². The molecule has 0 saturated carbocycles. The van der Waals surface area contributed by atoms with Gasteiger partial charge >= 0.3 is 0 Å². The van der Waals surface area contributed by atoms with Crippen molar-refractivity contribution in [3.63, 3.8) is 0 Å². The zero-order valence-corrected chi connectivity index (χ0v) is 19.7. The largest absolute Gasteiger partial charge is 0.419 e. The predicted molar refractivity (Wildman–Crippen MR) is 122 cm³/mol. The van der Waals surface area contributed by atoms with Gasteiger partial charge in [-0.2, -0.15) is 0 Å². The summed E-state index contributed by atoms with van der Waals surface area (Å²) < 4.78 is 33.2. The highest BCUT2D eigenvalue weighted by Crippen LogP contribution is 2.26. The molecule has 0 saturated heterocycles. The molecule has 0 aliphatic rings. The number of aromatic nitrogens is 2. The minimum Gasteiger partial charge on any atom is -0.419 e. The molecule has 3 aromatic rings. The van der Waals surface area contributed by atoms with Crippen LogP contribution >= 0.6 is 11.6 Å². The summed E-state index contributed by atoms with van der Waals surface area (Å²) in [5.74, 6) is 0.195. The molecule has 1 amide bonds. The van der Waals surface area contributed by atoms with Crippen LogP contribution in [0.3, 0.4) is 0 Å². The summed E-state index contributed by atoms with van der Waals surface area (Å²) >= 11 is 6.19. The van der Waals surface area contributed by atoms with E-state index >= 15 is 0 Å². The molecule has 0 bridgehead atoms. The molecule has 0 aliphatic heterocycles. The Labute approximate surface area is 192 Å². The molecule has 0 spiro atoms. The first-order valence-corrected chi connectivity index (χ1v) is 12.1. The van der Waals surface area contributed by atoms with Crippen molar-refractivity contribution in [2.24, 2.45) is 0 Å². The zero-order chi connectivity index (χ0) is 23.3. The third-order valence-corrected chi connectivity index (χ3v) is 6.45. The Kier molecular flexibility index (Phi) is 7.65. The van der Waals surface area contributed by atoms with Crippen LogP contribution in [0.15, 0.2) is 57.8 Å². The van der Waals surface area contributed by atoms with Crippen molar-refractivity contribution >= 4 is 27.5 Å². The summed E-state index contributed by atoms with van der Waals surface area (Å²) in [7, 11) is -3.72. The number of sulfonamides is 1. The van der Waals surface area contributed by atoms with Crippen molar-refractivity contribution in [1.29, 1.82) is 0 Å². The molecule has 0 fully saturated rings. The second kappa shape index (κ2) is 10.2. The maximum Gasteiger partial charge on any atom is 0.254 e. The first-order valence-electron chi connectivity index (χ1n) is 10.2. The summed E-state index contributed by atoms with van der Waals surface area (Å²) in [6.07, 6.45) is 0.699. The Bertz CT molecular complexity index is 1190. The van der Waals surface area contributed by atoms with E-state index in [1.165, 1.54) is 12.1 Å². The lowest BCUT2D eigenvalue weighted by Gasteiger charge is -2.20. The van der Waals surface area contributed by atoms with Gasteiger partial charge in [0.15, 0.2) is 0 Å². The Morgan fingerprint density at radius 1 is 1.16 bits per heavy atom. The topological polar surface area (TPSA) is 105 Å². The van der Waals surface area contributed by atoms with Gasteiger partial charge in [-0.25, -0.2) is 13.1 Å². The second-order valence-electron chi connectivity index (χ2n) is 7.51. The molecule has 0 radical (unpaired) electrons. The highest BCUT2D eigenvalue weighted by molar-refractivity contribution is 7.89. The van der Waals surface area contributed by atoms with E-state index in [0.717, 1.165) is 0 Å². The number of carbonyl (C=O) groups is 1. The van der Waals surface area contributed by atoms with Crippen LogP contribution in [0.25, 0.3) is 11.5 Å². The maximum absolute atomic E-state index is 13.2. The van der Waals surface area contributed by atoms with Crippen LogP contribution in [0.5, 0.6) is 0 Å². The average Bonchev–Trinajstić information content (AvgIpc) is 3.21. The van der Waals surface area contributed by atoms with E-state index in [4.69, 9.17) is 16.0 Å². The van der Waals surface area contributed by atoms with Crippen LogP contribution in [0.1, 0.15) is 43.4 Å². The van der Waals surface area contributed by atoms with Gasteiger partial charge in [0, 0.05) is 18.2 Å². The van der Waals surface area contributed by atoms with E-state index in [1.54, 1.807) is 49.1 Å². The van der Waals surface area contributed by atoms with E-state index in [2.05, 4.69) is 14.9 Å². The Morgan fingerprint density at radius 3 is 2.59 bits per heavy atom. The zero-order valence-electron chi connectivity index (χ0n) is 18.1. The molecule has 0 aliphatic carbocycles. The Morgan fingerprint density at radius 2 is 1.91 bits per heavy atom. The quantitative estimate of drug-likeness (QED) is 0.497. The first kappa shape index (κ1) is 23.9. The Hall–Kier alpha value is -2.75. The van der Waals surface area contributed by atoms with Crippen molar-refractivity contribution in [3.8, 4) is 11.5 Å².